The molecule has 10 atom stereocenters. The number of aliphatic hydroxyl groups is 6. The van der Waals surface area contributed by atoms with E-state index in [0.717, 1.165) is 11.0 Å². The smallest absolute Gasteiger partial charge is 0.343 e. The molecule has 8 rings (SSSR count). The van der Waals surface area contributed by atoms with Crippen LogP contribution in [0.25, 0.3) is 22.3 Å². The van der Waals surface area contributed by atoms with Crippen molar-refractivity contribution in [1.29, 1.82) is 0 Å². The van der Waals surface area contributed by atoms with Crippen molar-refractivity contribution in [3.8, 4) is 11.4 Å². The number of esters is 1. The highest BCUT2D eigenvalue weighted by Gasteiger charge is 2.47. The third-order valence-corrected chi connectivity index (χ3v) is 14.5. The Labute approximate surface area is 432 Å². The van der Waals surface area contributed by atoms with Gasteiger partial charge in [-0.2, -0.15) is 0 Å². The van der Waals surface area contributed by atoms with Crippen LogP contribution < -0.4 is 32.1 Å². The minimum atomic E-state index is -2.09. The number of nitrogens with zero attached hydrogens (tertiary/aromatic N) is 3. The Balaban J connectivity index is 0.960. The molecule has 410 valence electrons. The van der Waals surface area contributed by atoms with E-state index < -0.39 is 139 Å². The Kier molecular flexibility index (Phi) is 16.4. The Bertz CT molecular complexity index is 2950. The second kappa shape index (κ2) is 22.4. The van der Waals surface area contributed by atoms with Crippen LogP contribution in [0.4, 0.5) is 4.39 Å². The topological polar surface area (TPSA) is 367 Å². The maximum Gasteiger partial charge on any atom is 0.343 e. The summed E-state index contributed by atoms with van der Waals surface area (Å²) in [4.78, 5) is 112. The van der Waals surface area contributed by atoms with Crippen molar-refractivity contribution < 1.29 is 82.8 Å². The second-order valence-electron chi connectivity index (χ2n) is 19.7. The van der Waals surface area contributed by atoms with E-state index in [0.29, 0.717) is 46.2 Å². The van der Waals surface area contributed by atoms with Gasteiger partial charge < -0.3 is 80.9 Å². The number of carbonyl (C=O) groups is 7. The standard InChI is InChI=1S/C50H61FN8O17/c1-5-50(73)26-14-31-41-24(16-58(31)47(71)25(26)19-75-49(50)72)39-28(7-6-23-22(4)27(51)15-29(55-41)38(23)39)54-33(61)11-13-53-45(69)30(20-74-48-44(68)43(67)42(66)32(18-60)76-48)56-46(70)40(21(2)3)57-34(62)10-12-52-35(63)17-59-36(64)8-9-37(59)65/h8-9,14-15,21,28,30,32,36,40,42-44,48,60,64,66-68,73H,5-7,10-13,16-20H2,1-4H3,(H,52,63)(H,53,69)(H,54,61)(H,56,70)(H,57,62)/t28-,30-,32+,36?,40-,42+,43-,44+,48+,50-/m0/s1. The summed E-state index contributed by atoms with van der Waals surface area (Å²) in [5.41, 5.74) is 0.671. The molecule has 26 heteroatoms. The normalized spacial score (nSPS) is 25.1. The molecule has 1 fully saturated rings. The quantitative estimate of drug-likeness (QED) is 0.0412. The molecule has 0 bridgehead atoms. The molecule has 5 aliphatic rings. The first kappa shape index (κ1) is 55.5. The molecule has 0 spiro atoms. The molecule has 4 aliphatic heterocycles. The number of fused-ring (bicyclic) bond motifs is 5. The summed E-state index contributed by atoms with van der Waals surface area (Å²) < 4.78 is 33.2. The van der Waals surface area contributed by atoms with Crippen LogP contribution in [0.3, 0.4) is 0 Å². The van der Waals surface area contributed by atoms with Gasteiger partial charge in [-0.05, 0) is 60.9 Å². The zero-order valence-corrected chi connectivity index (χ0v) is 42.0. The van der Waals surface area contributed by atoms with Crippen molar-refractivity contribution in [2.24, 2.45) is 5.92 Å². The predicted octanol–water partition coefficient (Wildman–Crippen LogP) is -3.20. The highest BCUT2D eigenvalue weighted by atomic mass is 19.1. The van der Waals surface area contributed by atoms with E-state index in [2.05, 4.69) is 26.6 Å². The largest absolute Gasteiger partial charge is 0.458 e. The summed E-state index contributed by atoms with van der Waals surface area (Å²) in [6.07, 6.45) is -7.57. The molecular formula is C50H61FN8O17. The maximum absolute atomic E-state index is 15.5. The predicted molar refractivity (Wildman–Crippen MR) is 259 cm³/mol. The van der Waals surface area contributed by atoms with E-state index >= 15 is 4.39 Å². The molecule has 0 radical (unpaired) electrons. The van der Waals surface area contributed by atoms with Gasteiger partial charge in [-0.25, -0.2) is 14.2 Å². The number of ether oxygens (including phenoxy) is 3. The molecule has 1 aromatic carbocycles. The van der Waals surface area contributed by atoms with E-state index in [-0.39, 0.29) is 67.8 Å². The molecule has 3 aromatic rings. The SMILES string of the molecule is CC[C@@]1(O)C(=O)OCc2c1cc1n(c2=O)Cc2c-1nc1cc(F)c(C)c3c1c2[C@@H](NC(=O)CCNC(=O)[C@H](CO[C@@H]1O[C@H](CO)[C@@H](O)[C@H](O)[C@H]1O)NC(=O)[C@@H](NC(=O)CCNC(=O)CN1C(=O)C=CC1O)C(C)C)CC3. The van der Waals surface area contributed by atoms with Crippen LogP contribution in [0.5, 0.6) is 0 Å². The van der Waals surface area contributed by atoms with Crippen LogP contribution in [-0.4, -0.2) is 168 Å². The van der Waals surface area contributed by atoms with Gasteiger partial charge in [0, 0.05) is 54.6 Å². The zero-order chi connectivity index (χ0) is 55.1. The second-order valence-corrected chi connectivity index (χ2v) is 19.7. The number of rotatable bonds is 19. The molecule has 6 amide bonds. The molecule has 1 saturated heterocycles. The molecule has 0 saturated carbocycles. The van der Waals surface area contributed by atoms with Gasteiger partial charge in [-0.3, -0.25) is 33.6 Å². The van der Waals surface area contributed by atoms with Gasteiger partial charge in [0.05, 0.1) is 48.3 Å². The Morgan fingerprint density at radius 1 is 0.934 bits per heavy atom. The summed E-state index contributed by atoms with van der Waals surface area (Å²) in [6.45, 7) is 3.52. The summed E-state index contributed by atoms with van der Waals surface area (Å²) in [5.74, 6) is -6.25. The van der Waals surface area contributed by atoms with Crippen molar-refractivity contribution in [3.63, 3.8) is 0 Å². The fourth-order valence-corrected chi connectivity index (χ4v) is 10.2. The van der Waals surface area contributed by atoms with Crippen LogP contribution >= 0.6 is 0 Å². The van der Waals surface area contributed by atoms with E-state index in [1.165, 1.54) is 22.8 Å². The first-order valence-corrected chi connectivity index (χ1v) is 24.9. The monoisotopic (exact) mass is 1060 g/mol. The third kappa shape index (κ3) is 10.7. The first-order chi connectivity index (χ1) is 36.1. The maximum atomic E-state index is 15.5. The number of aryl methyl sites for hydroxylation is 1. The molecule has 76 heavy (non-hydrogen) atoms. The zero-order valence-electron chi connectivity index (χ0n) is 42.0. The van der Waals surface area contributed by atoms with Crippen LogP contribution in [0.2, 0.25) is 0 Å². The van der Waals surface area contributed by atoms with Gasteiger partial charge in [0.15, 0.2) is 11.9 Å². The Morgan fingerprint density at radius 2 is 1.66 bits per heavy atom. The van der Waals surface area contributed by atoms with Crippen molar-refractivity contribution in [1.82, 2.24) is 41.0 Å². The number of hydrogen-bond acceptors (Lipinski definition) is 18. The first-order valence-electron chi connectivity index (χ1n) is 24.9. The van der Waals surface area contributed by atoms with Crippen molar-refractivity contribution in [2.45, 2.75) is 134 Å². The van der Waals surface area contributed by atoms with Crippen molar-refractivity contribution in [3.05, 3.63) is 73.8 Å². The van der Waals surface area contributed by atoms with Crippen molar-refractivity contribution in [2.75, 3.05) is 32.8 Å². The fourth-order valence-electron chi connectivity index (χ4n) is 10.2. The van der Waals surface area contributed by atoms with Gasteiger partial charge in [-0.1, -0.05) is 20.8 Å². The fraction of sp³-hybridized carbons (Fsp3) is 0.540. The van der Waals surface area contributed by atoms with Crippen LogP contribution in [0, 0.1) is 18.7 Å². The lowest BCUT2D eigenvalue weighted by molar-refractivity contribution is -0.301. The third-order valence-electron chi connectivity index (χ3n) is 14.5. The van der Waals surface area contributed by atoms with Gasteiger partial charge in [0.1, 0.15) is 61.7 Å². The number of aliphatic hydroxyl groups excluding tert-OH is 5. The highest BCUT2D eigenvalue weighted by Crippen LogP contribution is 2.46. The number of cyclic esters (lactones) is 1. The summed E-state index contributed by atoms with van der Waals surface area (Å²) in [6, 6.07) is -0.801. The minimum absolute atomic E-state index is 0.00256. The summed E-state index contributed by atoms with van der Waals surface area (Å²) in [5, 5.41) is 75.9. The Hall–Kier alpha value is -6.78. The van der Waals surface area contributed by atoms with Gasteiger partial charge in [0.2, 0.25) is 35.4 Å². The number of pyridine rings is 2. The lowest BCUT2D eigenvalue weighted by Crippen LogP contribution is -2.61. The van der Waals surface area contributed by atoms with Crippen molar-refractivity contribution >= 4 is 52.3 Å². The van der Waals surface area contributed by atoms with E-state index in [9.17, 15) is 69.0 Å². The molecule has 6 heterocycles. The molecule has 2 aromatic heterocycles. The summed E-state index contributed by atoms with van der Waals surface area (Å²) >= 11 is 0. The lowest BCUT2D eigenvalue weighted by Gasteiger charge is -2.40. The average Bonchev–Trinajstić information content (AvgIpc) is 3.94. The van der Waals surface area contributed by atoms with Gasteiger partial charge in [-0.15, -0.1) is 0 Å². The highest BCUT2D eigenvalue weighted by molar-refractivity contribution is 5.96. The van der Waals surface area contributed by atoms with E-state index in [4.69, 9.17) is 19.2 Å². The van der Waals surface area contributed by atoms with Crippen LogP contribution in [-0.2, 0) is 72.9 Å². The number of aromatic nitrogens is 2. The molecule has 25 nitrogen and oxygen atoms in total. The number of hydrogen-bond donors (Lipinski definition) is 11. The van der Waals surface area contributed by atoms with Crippen LogP contribution in [0.1, 0.15) is 85.9 Å². The van der Waals surface area contributed by atoms with Gasteiger partial charge in [0.25, 0.3) is 5.56 Å². The molecule has 11 N–H and O–H groups in total. The number of halogens is 1. The lowest BCUT2D eigenvalue weighted by atomic mass is 9.81. The van der Waals surface area contributed by atoms with E-state index in [1.807, 2.05) is 0 Å². The number of amides is 6. The number of benzene rings is 1. The summed E-state index contributed by atoms with van der Waals surface area (Å²) in [7, 11) is 0. The molecule has 1 unspecified atom stereocenters. The van der Waals surface area contributed by atoms with Gasteiger partial charge >= 0.3 is 5.97 Å². The molecular weight excluding hydrogens is 1000 g/mol. The molecule has 1 aliphatic carbocycles. The average molecular weight is 1070 g/mol. The van der Waals surface area contributed by atoms with E-state index in [1.54, 1.807) is 27.7 Å². The Morgan fingerprint density at radius 3 is 2.34 bits per heavy atom. The minimum Gasteiger partial charge on any atom is -0.458 e. The van der Waals surface area contributed by atoms with Crippen LogP contribution in [0.15, 0.2) is 29.1 Å². The number of carbonyl (C=O) groups excluding carboxylic acids is 7. The number of nitrogens with one attached hydrogen (secondary N) is 5.